The molecular weight excluding hydrogens is 987 g/mol. The Balaban J connectivity index is 1.10. The number of hydrogen-bond donors (Lipinski definition) is 0. The van der Waals surface area contributed by atoms with Crippen LogP contribution >= 0.6 is 11.3 Å². The molecule has 0 unspecified atom stereocenters. The number of fused-ring (bicyclic) bond motifs is 6. The first-order chi connectivity index (χ1) is 39.7. The summed E-state index contributed by atoms with van der Waals surface area (Å²) in [5.74, 6) is 0.678. The molecule has 3 aromatic heterocycles. The van der Waals surface area contributed by atoms with E-state index in [2.05, 4.69) is 290 Å². The molecule has 12 aromatic carbocycles. The number of rotatable bonds is 10. The van der Waals surface area contributed by atoms with E-state index in [0.29, 0.717) is 5.82 Å². The SMILES string of the molecule is c1ccc(-c2cc(-c3cccc(-n4c5c(-c6cccc(-c7cccc8c7sc7ccccc78)c6)cccc5c5c(-c6ccccc6)c(-c6ccccc6)c(-c6ccccc6)c(-c6ccccc6)c54)c3)nc(-c3ccccc3)n2)cc1. The van der Waals surface area contributed by atoms with Crippen molar-refractivity contribution in [2.75, 3.05) is 0 Å². The number of hydrogen-bond acceptors (Lipinski definition) is 3. The van der Waals surface area contributed by atoms with Crippen LogP contribution in [0.5, 0.6) is 0 Å². The summed E-state index contributed by atoms with van der Waals surface area (Å²) in [6.45, 7) is 0. The number of para-hydroxylation sites is 1. The maximum Gasteiger partial charge on any atom is 0.160 e. The van der Waals surface area contributed by atoms with Crippen molar-refractivity contribution in [2.24, 2.45) is 0 Å². The second-order valence-electron chi connectivity index (χ2n) is 20.3. The molecule has 15 aromatic rings. The first kappa shape index (κ1) is 47.0. The topological polar surface area (TPSA) is 30.7 Å². The van der Waals surface area contributed by atoms with Gasteiger partial charge in [-0.3, -0.25) is 0 Å². The van der Waals surface area contributed by atoms with Crippen molar-refractivity contribution in [1.29, 1.82) is 0 Å². The zero-order chi connectivity index (χ0) is 52.9. The Kier molecular flexibility index (Phi) is 11.7. The van der Waals surface area contributed by atoms with Crippen molar-refractivity contribution in [2.45, 2.75) is 0 Å². The van der Waals surface area contributed by atoms with E-state index in [1.807, 2.05) is 23.5 Å². The summed E-state index contributed by atoms with van der Waals surface area (Å²) < 4.78 is 5.17. The third-order valence-electron chi connectivity index (χ3n) is 15.6. The summed E-state index contributed by atoms with van der Waals surface area (Å²) in [4.78, 5) is 10.6. The van der Waals surface area contributed by atoms with Crippen molar-refractivity contribution in [3.63, 3.8) is 0 Å². The monoisotopic (exact) mass is 1040 g/mol. The van der Waals surface area contributed by atoms with E-state index in [1.54, 1.807) is 0 Å². The fraction of sp³-hybridized carbons (Fsp3) is 0. The van der Waals surface area contributed by atoms with Crippen LogP contribution in [0, 0.1) is 0 Å². The lowest BCUT2D eigenvalue weighted by Gasteiger charge is -2.24. The van der Waals surface area contributed by atoms with E-state index in [1.165, 1.54) is 53.4 Å². The zero-order valence-electron chi connectivity index (χ0n) is 43.5. The number of nitrogens with zero attached hydrogens (tertiary/aromatic N) is 3. The van der Waals surface area contributed by atoms with Crippen LogP contribution in [0.1, 0.15) is 0 Å². The molecule has 0 atom stereocenters. The first-order valence-electron chi connectivity index (χ1n) is 27.2. The van der Waals surface area contributed by atoms with E-state index in [0.717, 1.165) is 89.1 Å². The summed E-state index contributed by atoms with van der Waals surface area (Å²) in [5.41, 5.74) is 21.9. The van der Waals surface area contributed by atoms with Crippen LogP contribution in [-0.2, 0) is 0 Å². The van der Waals surface area contributed by atoms with Crippen molar-refractivity contribution < 1.29 is 0 Å². The average Bonchev–Trinajstić information content (AvgIpc) is 4.28. The lowest BCUT2D eigenvalue weighted by molar-refractivity contribution is 1.16. The molecule has 0 fully saturated rings. The molecule has 374 valence electrons. The molecule has 80 heavy (non-hydrogen) atoms. The van der Waals surface area contributed by atoms with Crippen molar-refractivity contribution in [1.82, 2.24) is 14.5 Å². The van der Waals surface area contributed by atoms with Crippen LogP contribution in [-0.4, -0.2) is 14.5 Å². The minimum absolute atomic E-state index is 0.678. The van der Waals surface area contributed by atoms with Crippen LogP contribution in [0.3, 0.4) is 0 Å². The van der Waals surface area contributed by atoms with Gasteiger partial charge in [0.2, 0.25) is 0 Å². The third-order valence-corrected chi connectivity index (χ3v) is 16.8. The molecule has 0 aliphatic heterocycles. The van der Waals surface area contributed by atoms with E-state index in [-0.39, 0.29) is 0 Å². The molecule has 0 saturated carbocycles. The van der Waals surface area contributed by atoms with Crippen molar-refractivity contribution >= 4 is 53.3 Å². The molecule has 15 rings (SSSR count). The van der Waals surface area contributed by atoms with Crippen molar-refractivity contribution in [3.8, 4) is 106 Å². The van der Waals surface area contributed by atoms with Gasteiger partial charge in [0, 0.05) is 75.6 Å². The van der Waals surface area contributed by atoms with Gasteiger partial charge in [-0.2, -0.15) is 0 Å². The van der Waals surface area contributed by atoms with Crippen LogP contribution in [0.4, 0.5) is 0 Å². The second kappa shape index (κ2) is 20.0. The fourth-order valence-corrected chi connectivity index (χ4v) is 13.3. The lowest BCUT2D eigenvalue weighted by atomic mass is 9.80. The molecule has 3 nitrogen and oxygen atoms in total. The minimum Gasteiger partial charge on any atom is -0.308 e. The largest absolute Gasteiger partial charge is 0.308 e. The Bertz CT molecular complexity index is 4720. The minimum atomic E-state index is 0.678. The zero-order valence-corrected chi connectivity index (χ0v) is 44.4. The Labute approximate surface area is 468 Å². The summed E-state index contributed by atoms with van der Waals surface area (Å²) in [7, 11) is 0. The summed E-state index contributed by atoms with van der Waals surface area (Å²) >= 11 is 1.87. The highest BCUT2D eigenvalue weighted by molar-refractivity contribution is 7.26. The highest BCUT2D eigenvalue weighted by atomic mass is 32.1. The quantitative estimate of drug-likeness (QED) is 0.137. The van der Waals surface area contributed by atoms with Gasteiger partial charge in [-0.15, -0.1) is 11.3 Å². The maximum atomic E-state index is 5.38. The van der Waals surface area contributed by atoms with Crippen LogP contribution in [0.2, 0.25) is 0 Å². The summed E-state index contributed by atoms with van der Waals surface area (Å²) in [6, 6.07) is 108. The number of thiophene rings is 1. The van der Waals surface area contributed by atoms with Gasteiger partial charge >= 0.3 is 0 Å². The van der Waals surface area contributed by atoms with Gasteiger partial charge in [0.1, 0.15) is 0 Å². The highest BCUT2D eigenvalue weighted by Crippen LogP contribution is 2.55. The Morgan fingerprint density at radius 3 is 1.35 bits per heavy atom. The van der Waals surface area contributed by atoms with Crippen LogP contribution < -0.4 is 0 Å². The maximum absolute atomic E-state index is 5.38. The van der Waals surface area contributed by atoms with Gasteiger partial charge in [-0.25, -0.2) is 9.97 Å². The van der Waals surface area contributed by atoms with Crippen molar-refractivity contribution in [3.05, 3.63) is 297 Å². The lowest BCUT2D eigenvalue weighted by Crippen LogP contribution is -2.02. The van der Waals surface area contributed by atoms with Crippen LogP contribution in [0.15, 0.2) is 297 Å². The normalized spacial score (nSPS) is 11.5. The Hall–Kier alpha value is -10.3. The van der Waals surface area contributed by atoms with E-state index >= 15 is 0 Å². The molecule has 0 amide bonds. The van der Waals surface area contributed by atoms with E-state index in [9.17, 15) is 0 Å². The molecule has 4 heteroatoms. The standard InChI is InChI=1S/C76H49N3S/c1-7-25-50(26-8-1)65-49-66(78-76(77-65)55-35-17-6-18-36-55)58-39-22-40-59(48-58)79-73-60(56-37-21-38-57(47-56)61-43-24-44-63-62-41-19-20-46-67(62)80-75(61)63)42-23-45-64(73)72-70(53-31-13-4-14-32-53)68(51-27-9-2-10-28-51)69(52-29-11-3-12-30-52)71(74(72)79)54-33-15-5-16-34-54/h1-49H. The molecule has 3 heterocycles. The average molecular weight is 1040 g/mol. The molecule has 0 spiro atoms. The molecule has 0 N–H and O–H groups in total. The van der Waals surface area contributed by atoms with Crippen LogP contribution in [0.25, 0.3) is 148 Å². The Morgan fingerprint density at radius 2 is 0.713 bits per heavy atom. The van der Waals surface area contributed by atoms with Gasteiger partial charge in [-0.1, -0.05) is 267 Å². The van der Waals surface area contributed by atoms with Gasteiger partial charge in [0.25, 0.3) is 0 Å². The molecular formula is C76H49N3S. The predicted molar refractivity (Wildman–Crippen MR) is 338 cm³/mol. The molecule has 0 aliphatic carbocycles. The molecule has 0 aliphatic rings. The smallest absolute Gasteiger partial charge is 0.160 e. The van der Waals surface area contributed by atoms with Gasteiger partial charge < -0.3 is 4.57 Å². The first-order valence-corrected chi connectivity index (χ1v) is 28.0. The molecule has 0 saturated heterocycles. The number of aromatic nitrogens is 3. The summed E-state index contributed by atoms with van der Waals surface area (Å²) in [5, 5.41) is 4.93. The molecule has 0 bridgehead atoms. The highest BCUT2D eigenvalue weighted by Gasteiger charge is 2.30. The van der Waals surface area contributed by atoms with Gasteiger partial charge in [0.05, 0.1) is 22.4 Å². The van der Waals surface area contributed by atoms with E-state index < -0.39 is 0 Å². The third kappa shape index (κ3) is 8.12. The fourth-order valence-electron chi connectivity index (χ4n) is 12.1. The van der Waals surface area contributed by atoms with E-state index in [4.69, 9.17) is 9.97 Å². The summed E-state index contributed by atoms with van der Waals surface area (Å²) in [6.07, 6.45) is 0. The Morgan fingerprint density at radius 1 is 0.275 bits per heavy atom. The second-order valence-corrected chi connectivity index (χ2v) is 21.4. The predicted octanol–water partition coefficient (Wildman–Crippen LogP) is 20.9. The number of benzene rings is 12. The van der Waals surface area contributed by atoms with Gasteiger partial charge in [0.15, 0.2) is 5.82 Å². The molecule has 0 radical (unpaired) electrons. The van der Waals surface area contributed by atoms with Gasteiger partial charge in [-0.05, 0) is 74.8 Å².